The van der Waals surface area contributed by atoms with Crippen LogP contribution in [0, 0.1) is 18.7 Å². The van der Waals surface area contributed by atoms with Crippen LogP contribution in [0.2, 0.25) is 0 Å². The van der Waals surface area contributed by atoms with Crippen LogP contribution in [0.1, 0.15) is 36.3 Å². The number of aromatic nitrogens is 2. The number of nitrogens with one attached hydrogen (secondary N) is 1. The van der Waals surface area contributed by atoms with Gasteiger partial charge in [-0.2, -0.15) is 5.10 Å². The second kappa shape index (κ2) is 7.37. The molecule has 124 valence electrons. The normalized spacial score (nSPS) is 12.4. The highest BCUT2D eigenvalue weighted by Gasteiger charge is 2.16. The topological polar surface area (TPSA) is 67.2 Å². The van der Waals surface area contributed by atoms with Crippen molar-refractivity contribution in [2.24, 2.45) is 5.92 Å². The van der Waals surface area contributed by atoms with E-state index in [0.717, 1.165) is 0 Å². The summed E-state index contributed by atoms with van der Waals surface area (Å²) in [7, 11) is 0. The number of carbonyl (C=O) groups excluding carboxylic acids is 1. The van der Waals surface area contributed by atoms with Crippen molar-refractivity contribution in [1.29, 1.82) is 0 Å². The van der Waals surface area contributed by atoms with Gasteiger partial charge in [0.1, 0.15) is 5.82 Å². The molecule has 2 rings (SSSR count). The zero-order valence-electron chi connectivity index (χ0n) is 13.6. The van der Waals surface area contributed by atoms with Gasteiger partial charge in [0.15, 0.2) is 0 Å². The molecular weight excluding hydrogens is 297 g/mol. The Kier molecular flexibility index (Phi) is 5.50. The van der Waals surface area contributed by atoms with Gasteiger partial charge in [0.2, 0.25) is 0 Å². The smallest absolute Gasteiger partial charge is 0.254 e. The van der Waals surface area contributed by atoms with Gasteiger partial charge in [0.05, 0.1) is 29.2 Å². The van der Waals surface area contributed by atoms with Crippen LogP contribution >= 0.6 is 0 Å². The van der Waals surface area contributed by atoms with E-state index in [2.05, 4.69) is 10.4 Å². The maximum atomic E-state index is 13.0. The number of carbonyl (C=O) groups is 1. The monoisotopic (exact) mass is 319 g/mol. The number of benzene rings is 1. The highest BCUT2D eigenvalue weighted by Crippen LogP contribution is 2.15. The van der Waals surface area contributed by atoms with Crippen molar-refractivity contribution in [3.8, 4) is 5.69 Å². The molecule has 0 saturated carbocycles. The van der Waals surface area contributed by atoms with E-state index < -0.39 is 6.10 Å². The summed E-state index contributed by atoms with van der Waals surface area (Å²) in [6.45, 7) is 6.06. The van der Waals surface area contributed by atoms with Crippen molar-refractivity contribution >= 4 is 5.91 Å². The molecule has 1 atom stereocenters. The molecule has 0 saturated heterocycles. The fourth-order valence-corrected chi connectivity index (χ4v) is 2.24. The predicted molar refractivity (Wildman–Crippen MR) is 86.1 cm³/mol. The average Bonchev–Trinajstić information content (AvgIpc) is 2.89. The lowest BCUT2D eigenvalue weighted by atomic mass is 10.0. The van der Waals surface area contributed by atoms with Crippen LogP contribution < -0.4 is 5.32 Å². The molecule has 1 amide bonds. The number of nitrogens with zero attached hydrogens (tertiary/aromatic N) is 2. The van der Waals surface area contributed by atoms with Gasteiger partial charge in [0.25, 0.3) is 5.91 Å². The summed E-state index contributed by atoms with van der Waals surface area (Å²) in [4.78, 5) is 12.2. The third-order valence-electron chi connectivity index (χ3n) is 3.82. The Morgan fingerprint density at radius 2 is 2.00 bits per heavy atom. The van der Waals surface area contributed by atoms with Crippen molar-refractivity contribution in [2.45, 2.75) is 33.3 Å². The van der Waals surface area contributed by atoms with Crippen molar-refractivity contribution < 1.29 is 14.3 Å². The summed E-state index contributed by atoms with van der Waals surface area (Å²) in [6, 6.07) is 5.92. The van der Waals surface area contributed by atoms with Gasteiger partial charge in [0, 0.05) is 6.54 Å². The zero-order chi connectivity index (χ0) is 17.0. The van der Waals surface area contributed by atoms with E-state index in [9.17, 15) is 14.3 Å². The lowest BCUT2D eigenvalue weighted by Crippen LogP contribution is -2.29. The molecule has 0 radical (unpaired) electrons. The Labute approximate surface area is 135 Å². The predicted octanol–water partition coefficient (Wildman–Crippen LogP) is 2.46. The Bertz CT molecular complexity index is 665. The van der Waals surface area contributed by atoms with Gasteiger partial charge < -0.3 is 10.4 Å². The molecule has 0 aliphatic heterocycles. The lowest BCUT2D eigenvalue weighted by Gasteiger charge is -2.14. The number of hydrogen-bond donors (Lipinski definition) is 2. The molecule has 0 aliphatic carbocycles. The van der Waals surface area contributed by atoms with Crippen LogP contribution in [0.15, 0.2) is 30.5 Å². The highest BCUT2D eigenvalue weighted by atomic mass is 19.1. The van der Waals surface area contributed by atoms with E-state index in [1.807, 2.05) is 13.8 Å². The molecule has 1 unspecified atom stereocenters. The summed E-state index contributed by atoms with van der Waals surface area (Å²) < 4.78 is 14.6. The van der Waals surface area contributed by atoms with Crippen LogP contribution in [0.25, 0.3) is 5.69 Å². The van der Waals surface area contributed by atoms with Crippen molar-refractivity contribution in [3.05, 3.63) is 47.5 Å². The minimum Gasteiger partial charge on any atom is -0.393 e. The average molecular weight is 319 g/mol. The van der Waals surface area contributed by atoms with Gasteiger partial charge in [-0.3, -0.25) is 4.79 Å². The van der Waals surface area contributed by atoms with Gasteiger partial charge >= 0.3 is 0 Å². The van der Waals surface area contributed by atoms with E-state index in [0.29, 0.717) is 29.9 Å². The van der Waals surface area contributed by atoms with Gasteiger partial charge in [-0.1, -0.05) is 13.8 Å². The molecule has 0 fully saturated rings. The van der Waals surface area contributed by atoms with E-state index in [1.54, 1.807) is 23.7 Å². The van der Waals surface area contributed by atoms with E-state index >= 15 is 0 Å². The summed E-state index contributed by atoms with van der Waals surface area (Å²) in [5.41, 5.74) is 1.84. The summed E-state index contributed by atoms with van der Waals surface area (Å²) in [5, 5.41) is 16.7. The van der Waals surface area contributed by atoms with Crippen LogP contribution in [0.4, 0.5) is 4.39 Å². The second-order valence-electron chi connectivity index (χ2n) is 5.89. The zero-order valence-corrected chi connectivity index (χ0v) is 13.6. The molecule has 1 heterocycles. The van der Waals surface area contributed by atoms with E-state index in [-0.39, 0.29) is 17.6 Å². The number of amides is 1. The third-order valence-corrected chi connectivity index (χ3v) is 3.82. The molecule has 0 bridgehead atoms. The van der Waals surface area contributed by atoms with Crippen LogP contribution in [0.5, 0.6) is 0 Å². The van der Waals surface area contributed by atoms with Crippen LogP contribution in [-0.4, -0.2) is 33.4 Å². The Balaban J connectivity index is 2.04. The largest absolute Gasteiger partial charge is 0.393 e. The second-order valence-corrected chi connectivity index (χ2v) is 5.89. The van der Waals surface area contributed by atoms with Gasteiger partial charge in [-0.15, -0.1) is 0 Å². The number of aliphatic hydroxyl groups is 1. The fourth-order valence-electron chi connectivity index (χ4n) is 2.24. The van der Waals surface area contributed by atoms with Gasteiger partial charge in [-0.05, 0) is 43.5 Å². The molecule has 0 spiro atoms. The van der Waals surface area contributed by atoms with Crippen molar-refractivity contribution in [2.75, 3.05) is 6.54 Å². The van der Waals surface area contributed by atoms with E-state index in [4.69, 9.17) is 0 Å². The molecule has 2 aromatic rings. The summed E-state index contributed by atoms with van der Waals surface area (Å²) >= 11 is 0. The van der Waals surface area contributed by atoms with Crippen LogP contribution in [0.3, 0.4) is 0 Å². The highest BCUT2D eigenvalue weighted by molar-refractivity contribution is 5.95. The fraction of sp³-hybridized carbons (Fsp3) is 0.412. The lowest BCUT2D eigenvalue weighted by molar-refractivity contribution is 0.0919. The molecule has 6 heteroatoms. The maximum absolute atomic E-state index is 13.0. The van der Waals surface area contributed by atoms with Crippen LogP contribution in [-0.2, 0) is 0 Å². The number of rotatable bonds is 6. The SMILES string of the molecule is Cc1c(C(=O)NCCC(O)C(C)C)cnn1-c1ccc(F)cc1. The summed E-state index contributed by atoms with van der Waals surface area (Å²) in [5.74, 6) is -0.387. The van der Waals surface area contributed by atoms with Crippen molar-refractivity contribution in [3.63, 3.8) is 0 Å². The minimum atomic E-state index is -0.432. The molecule has 1 aromatic carbocycles. The molecule has 23 heavy (non-hydrogen) atoms. The molecular formula is C17H22FN3O2. The molecule has 2 N–H and O–H groups in total. The first-order valence-corrected chi connectivity index (χ1v) is 7.67. The Morgan fingerprint density at radius 3 is 2.61 bits per heavy atom. The molecule has 1 aromatic heterocycles. The van der Waals surface area contributed by atoms with E-state index in [1.165, 1.54) is 18.3 Å². The summed E-state index contributed by atoms with van der Waals surface area (Å²) in [6.07, 6.45) is 1.57. The number of halogens is 1. The first kappa shape index (κ1) is 17.1. The first-order chi connectivity index (χ1) is 10.9. The quantitative estimate of drug-likeness (QED) is 0.859. The number of aliphatic hydroxyl groups excluding tert-OH is 1. The Hall–Kier alpha value is -2.21. The van der Waals surface area contributed by atoms with Gasteiger partial charge in [-0.25, -0.2) is 9.07 Å². The first-order valence-electron chi connectivity index (χ1n) is 7.67. The minimum absolute atomic E-state index is 0.162. The van der Waals surface area contributed by atoms with Crippen molar-refractivity contribution in [1.82, 2.24) is 15.1 Å². The third kappa shape index (κ3) is 4.16. The number of hydrogen-bond acceptors (Lipinski definition) is 3. The Morgan fingerprint density at radius 1 is 1.35 bits per heavy atom. The molecule has 0 aliphatic rings. The molecule has 5 nitrogen and oxygen atoms in total. The standard InChI is InChI=1S/C17H22FN3O2/c1-11(2)16(22)8-9-19-17(23)15-10-20-21(12(15)3)14-6-4-13(18)5-7-14/h4-7,10-11,16,22H,8-9H2,1-3H3,(H,19,23). The maximum Gasteiger partial charge on any atom is 0.254 e.